The summed E-state index contributed by atoms with van der Waals surface area (Å²) in [5.41, 5.74) is 6.55. The lowest BCUT2D eigenvalue weighted by molar-refractivity contribution is 0.388. The largest absolute Gasteiger partial charge is 0.312 e. The highest BCUT2D eigenvalue weighted by Crippen LogP contribution is 2.38. The quantitative estimate of drug-likeness (QED) is 0.422. The first-order valence-electron chi connectivity index (χ1n) is 11.5. The molecule has 33 heavy (non-hydrogen) atoms. The highest BCUT2D eigenvalue weighted by molar-refractivity contribution is 5.87. The van der Waals surface area contributed by atoms with Crippen LogP contribution in [0, 0.1) is 12.0 Å². The summed E-state index contributed by atoms with van der Waals surface area (Å²) < 4.78 is 2.21. The molecule has 4 aromatic rings. The van der Waals surface area contributed by atoms with E-state index in [2.05, 4.69) is 74.3 Å². The van der Waals surface area contributed by atoms with Gasteiger partial charge in [0.1, 0.15) is 5.82 Å². The molecule has 0 atom stereocenters. The molecule has 0 amide bonds. The molecule has 6 nitrogen and oxygen atoms in total. The summed E-state index contributed by atoms with van der Waals surface area (Å²) in [6.45, 7) is 2.55. The van der Waals surface area contributed by atoms with Gasteiger partial charge in [-0.25, -0.2) is 4.98 Å². The number of nitrogens with one attached hydrogen (secondary N) is 1. The summed E-state index contributed by atoms with van der Waals surface area (Å²) in [6.07, 6.45) is 14.1. The third-order valence-electron chi connectivity index (χ3n) is 5.95. The number of pyridine rings is 2. The lowest BCUT2D eigenvalue weighted by atomic mass is 9.92. The summed E-state index contributed by atoms with van der Waals surface area (Å²) in [5.74, 6) is 1.81. The van der Waals surface area contributed by atoms with Crippen LogP contribution in [0.1, 0.15) is 24.2 Å². The van der Waals surface area contributed by atoms with Gasteiger partial charge >= 0.3 is 0 Å². The SMILES string of the molecule is CN(C)Cc1nccn1-c1c(-c2cccnc2)c[c]c(CNCC2CC2)c1-c1cccnc1. The van der Waals surface area contributed by atoms with Gasteiger partial charge in [0.05, 0.1) is 12.2 Å². The van der Waals surface area contributed by atoms with E-state index in [0.29, 0.717) is 0 Å². The van der Waals surface area contributed by atoms with Gasteiger partial charge in [0.2, 0.25) is 0 Å². The van der Waals surface area contributed by atoms with Gasteiger partial charge in [-0.05, 0) is 69.2 Å². The number of rotatable bonds is 9. The van der Waals surface area contributed by atoms with Crippen molar-refractivity contribution < 1.29 is 0 Å². The Morgan fingerprint density at radius 3 is 2.48 bits per heavy atom. The molecule has 0 bridgehead atoms. The fourth-order valence-corrected chi connectivity index (χ4v) is 4.19. The summed E-state index contributed by atoms with van der Waals surface area (Å²) in [7, 11) is 4.13. The maximum Gasteiger partial charge on any atom is 0.127 e. The Kier molecular flexibility index (Phi) is 6.28. The number of hydrogen-bond donors (Lipinski definition) is 1. The summed E-state index contributed by atoms with van der Waals surface area (Å²) >= 11 is 0. The fraction of sp³-hybridized carbons (Fsp3) is 0.296. The van der Waals surface area contributed by atoms with Crippen molar-refractivity contribution in [1.82, 2.24) is 29.7 Å². The van der Waals surface area contributed by atoms with E-state index in [1.807, 2.05) is 36.9 Å². The Labute approximate surface area is 195 Å². The third kappa shape index (κ3) is 4.87. The van der Waals surface area contributed by atoms with Crippen molar-refractivity contribution in [2.45, 2.75) is 25.9 Å². The molecule has 0 unspecified atom stereocenters. The van der Waals surface area contributed by atoms with Crippen LogP contribution < -0.4 is 5.32 Å². The predicted octanol–water partition coefficient (Wildman–Crippen LogP) is 4.36. The smallest absolute Gasteiger partial charge is 0.127 e. The van der Waals surface area contributed by atoms with Gasteiger partial charge in [0.15, 0.2) is 0 Å². The number of imidazole rings is 1. The minimum Gasteiger partial charge on any atom is -0.312 e. The van der Waals surface area contributed by atoms with E-state index in [4.69, 9.17) is 0 Å². The summed E-state index contributed by atoms with van der Waals surface area (Å²) in [4.78, 5) is 15.6. The van der Waals surface area contributed by atoms with Crippen LogP contribution in [0.3, 0.4) is 0 Å². The Morgan fingerprint density at radius 1 is 1.06 bits per heavy atom. The topological polar surface area (TPSA) is 58.9 Å². The molecule has 1 saturated carbocycles. The van der Waals surface area contributed by atoms with E-state index >= 15 is 0 Å². The van der Waals surface area contributed by atoms with Crippen molar-refractivity contribution in [2.24, 2.45) is 5.92 Å². The first-order valence-corrected chi connectivity index (χ1v) is 11.5. The highest BCUT2D eigenvalue weighted by Gasteiger charge is 2.23. The normalized spacial score (nSPS) is 13.5. The molecular formula is C27H29N6. The van der Waals surface area contributed by atoms with Crippen LogP contribution in [0.2, 0.25) is 0 Å². The fourth-order valence-electron chi connectivity index (χ4n) is 4.19. The van der Waals surface area contributed by atoms with Gasteiger partial charge in [-0.15, -0.1) is 0 Å². The monoisotopic (exact) mass is 437 g/mol. The van der Waals surface area contributed by atoms with Gasteiger partial charge in [0, 0.05) is 66.0 Å². The van der Waals surface area contributed by atoms with Crippen LogP contribution in [0.15, 0.2) is 67.5 Å². The van der Waals surface area contributed by atoms with Crippen LogP contribution in [-0.4, -0.2) is 45.1 Å². The molecule has 1 N–H and O–H groups in total. The molecule has 5 rings (SSSR count). The van der Waals surface area contributed by atoms with Crippen molar-refractivity contribution in [2.75, 3.05) is 20.6 Å². The Bertz CT molecular complexity index is 1200. The molecule has 1 fully saturated rings. The third-order valence-corrected chi connectivity index (χ3v) is 5.95. The molecule has 1 radical (unpaired) electrons. The van der Waals surface area contributed by atoms with Gasteiger partial charge in [-0.3, -0.25) is 9.97 Å². The van der Waals surface area contributed by atoms with Gasteiger partial charge in [0.25, 0.3) is 0 Å². The number of nitrogens with zero attached hydrogens (tertiary/aromatic N) is 5. The molecule has 1 aromatic carbocycles. The van der Waals surface area contributed by atoms with Crippen molar-refractivity contribution >= 4 is 0 Å². The van der Waals surface area contributed by atoms with E-state index in [0.717, 1.165) is 64.9 Å². The summed E-state index contributed by atoms with van der Waals surface area (Å²) in [6, 6.07) is 13.9. The highest BCUT2D eigenvalue weighted by atomic mass is 15.1. The van der Waals surface area contributed by atoms with E-state index < -0.39 is 0 Å². The standard InChI is InChI=1S/C27H29N6/c1-32(2)19-25-31-13-14-33(25)27-24(21-5-3-11-28-16-21)10-9-23(18-30-15-20-7-8-20)26(27)22-6-4-12-29-17-22/h3-6,10-14,16-17,20,30H,7-8,15,18-19H2,1-2H3. The van der Waals surface area contributed by atoms with Crippen molar-refractivity contribution in [3.8, 4) is 27.9 Å². The second kappa shape index (κ2) is 9.65. The van der Waals surface area contributed by atoms with Crippen LogP contribution in [0.25, 0.3) is 27.9 Å². The molecule has 3 heterocycles. The molecule has 0 aliphatic heterocycles. The zero-order valence-electron chi connectivity index (χ0n) is 19.2. The average Bonchev–Trinajstić information content (AvgIpc) is 3.56. The Hall–Kier alpha value is -3.35. The molecule has 0 saturated heterocycles. The minimum atomic E-state index is 0.736. The molecule has 167 valence electrons. The van der Waals surface area contributed by atoms with Crippen molar-refractivity contribution in [3.05, 3.63) is 85.0 Å². The lowest BCUT2D eigenvalue weighted by Crippen LogP contribution is -2.18. The number of hydrogen-bond acceptors (Lipinski definition) is 5. The van der Waals surface area contributed by atoms with E-state index in [1.54, 1.807) is 6.20 Å². The number of benzene rings is 1. The second-order valence-electron chi connectivity index (χ2n) is 8.91. The summed E-state index contributed by atoms with van der Waals surface area (Å²) in [5, 5.41) is 3.66. The Balaban J connectivity index is 1.72. The van der Waals surface area contributed by atoms with Crippen LogP contribution in [-0.2, 0) is 13.1 Å². The molecule has 3 aromatic heterocycles. The predicted molar refractivity (Wildman–Crippen MR) is 131 cm³/mol. The van der Waals surface area contributed by atoms with E-state index in [-0.39, 0.29) is 0 Å². The lowest BCUT2D eigenvalue weighted by Gasteiger charge is -2.22. The minimum absolute atomic E-state index is 0.736. The molecule has 6 heteroatoms. The van der Waals surface area contributed by atoms with E-state index in [9.17, 15) is 0 Å². The van der Waals surface area contributed by atoms with Crippen LogP contribution >= 0.6 is 0 Å². The molecule has 1 aliphatic rings. The Morgan fingerprint density at radius 2 is 1.82 bits per heavy atom. The van der Waals surface area contributed by atoms with Gasteiger partial charge in [-0.1, -0.05) is 12.1 Å². The zero-order chi connectivity index (χ0) is 22.6. The van der Waals surface area contributed by atoms with Gasteiger partial charge < -0.3 is 14.8 Å². The average molecular weight is 438 g/mol. The van der Waals surface area contributed by atoms with Crippen LogP contribution in [0.4, 0.5) is 0 Å². The van der Waals surface area contributed by atoms with Crippen molar-refractivity contribution in [3.63, 3.8) is 0 Å². The van der Waals surface area contributed by atoms with Gasteiger partial charge in [-0.2, -0.15) is 0 Å². The first kappa shape index (κ1) is 21.5. The van der Waals surface area contributed by atoms with Crippen LogP contribution in [0.5, 0.6) is 0 Å². The number of aromatic nitrogens is 4. The first-order chi connectivity index (χ1) is 16.2. The maximum absolute atomic E-state index is 4.69. The second-order valence-corrected chi connectivity index (χ2v) is 8.91. The molecule has 0 spiro atoms. The molecule has 1 aliphatic carbocycles. The maximum atomic E-state index is 4.69. The molecular weight excluding hydrogens is 408 g/mol. The zero-order valence-corrected chi connectivity index (χ0v) is 19.2. The van der Waals surface area contributed by atoms with Crippen molar-refractivity contribution in [1.29, 1.82) is 0 Å². The van der Waals surface area contributed by atoms with E-state index in [1.165, 1.54) is 12.8 Å².